The number of carboxylic acids is 2. The molecule has 0 saturated heterocycles. The number of aliphatic carboxylic acids is 2. The third-order valence-electron chi connectivity index (χ3n) is 7.74. The highest BCUT2D eigenvalue weighted by molar-refractivity contribution is 5.78. The zero-order chi connectivity index (χ0) is 21.8. The van der Waals surface area contributed by atoms with Crippen LogP contribution in [0.1, 0.15) is 99.3 Å². The van der Waals surface area contributed by atoms with E-state index in [0.29, 0.717) is 0 Å². The summed E-state index contributed by atoms with van der Waals surface area (Å²) in [4.78, 5) is 22.6. The van der Waals surface area contributed by atoms with Crippen molar-refractivity contribution in [3.63, 3.8) is 0 Å². The highest BCUT2D eigenvalue weighted by Crippen LogP contribution is 2.50. The predicted molar refractivity (Wildman–Crippen MR) is 119 cm³/mol. The maximum absolute atomic E-state index is 11.3. The van der Waals surface area contributed by atoms with Crippen molar-refractivity contribution in [1.29, 1.82) is 0 Å². The lowest BCUT2D eigenvalue weighted by molar-refractivity contribution is -0.144. The van der Waals surface area contributed by atoms with Gasteiger partial charge in [0.1, 0.15) is 0 Å². The topological polar surface area (TPSA) is 74.6 Å². The highest BCUT2D eigenvalue weighted by atomic mass is 16.4. The molecular weight excluding hydrogens is 376 g/mol. The summed E-state index contributed by atoms with van der Waals surface area (Å²) < 4.78 is 0. The minimum atomic E-state index is -0.605. The first-order chi connectivity index (χ1) is 14.3. The van der Waals surface area contributed by atoms with Gasteiger partial charge in [-0.3, -0.25) is 9.59 Å². The minimum Gasteiger partial charge on any atom is -0.481 e. The second-order valence-corrected chi connectivity index (χ2v) is 9.94. The molecule has 0 amide bonds. The van der Waals surface area contributed by atoms with Crippen LogP contribution in [0, 0.1) is 24.7 Å². The van der Waals surface area contributed by atoms with E-state index in [2.05, 4.69) is 26.0 Å². The molecule has 2 aliphatic rings. The summed E-state index contributed by atoms with van der Waals surface area (Å²) in [5, 5.41) is 18.6. The van der Waals surface area contributed by atoms with Gasteiger partial charge in [-0.1, -0.05) is 37.8 Å². The zero-order valence-electron chi connectivity index (χ0n) is 18.8. The summed E-state index contributed by atoms with van der Waals surface area (Å²) in [5.74, 6) is -1.20. The van der Waals surface area contributed by atoms with Gasteiger partial charge < -0.3 is 10.2 Å². The summed E-state index contributed by atoms with van der Waals surface area (Å²) >= 11 is 0. The number of aryl methyl sites for hydroxylation is 2. The van der Waals surface area contributed by atoms with E-state index in [4.69, 9.17) is 0 Å². The van der Waals surface area contributed by atoms with Crippen LogP contribution in [0.2, 0.25) is 0 Å². The summed E-state index contributed by atoms with van der Waals surface area (Å²) in [6, 6.07) is 4.50. The van der Waals surface area contributed by atoms with E-state index in [0.717, 1.165) is 89.9 Å². The Bertz CT molecular complexity index is 771. The van der Waals surface area contributed by atoms with Gasteiger partial charge in [-0.05, 0) is 100 Å². The monoisotopic (exact) mass is 414 g/mol. The zero-order valence-corrected chi connectivity index (χ0v) is 18.8. The van der Waals surface area contributed by atoms with E-state index < -0.39 is 17.4 Å². The average molecular weight is 415 g/mol. The first-order valence-corrected chi connectivity index (χ1v) is 11.8. The van der Waals surface area contributed by atoms with Crippen LogP contribution >= 0.6 is 0 Å². The molecule has 30 heavy (non-hydrogen) atoms. The SMILES string of the molecule is Cc1ccc(CCCCCCC2(C(=O)O)CC2)c(C)c1CCCCC1(C(=O)O)CC1. The molecule has 2 saturated carbocycles. The quantitative estimate of drug-likeness (QED) is 0.353. The third kappa shape index (κ3) is 5.44. The van der Waals surface area contributed by atoms with Crippen LogP contribution in [0.5, 0.6) is 0 Å². The van der Waals surface area contributed by atoms with Crippen molar-refractivity contribution >= 4 is 11.9 Å². The molecule has 2 aliphatic carbocycles. The van der Waals surface area contributed by atoms with Gasteiger partial charge in [0.05, 0.1) is 10.8 Å². The van der Waals surface area contributed by atoms with Crippen molar-refractivity contribution in [1.82, 2.24) is 0 Å². The number of hydrogen-bond donors (Lipinski definition) is 2. The number of rotatable bonds is 14. The Morgan fingerprint density at radius 2 is 1.27 bits per heavy atom. The molecule has 166 valence electrons. The van der Waals surface area contributed by atoms with E-state index in [1.54, 1.807) is 0 Å². The Kier molecular flexibility index (Phi) is 7.26. The van der Waals surface area contributed by atoms with Gasteiger partial charge in [0.2, 0.25) is 0 Å². The summed E-state index contributed by atoms with van der Waals surface area (Å²) in [6.45, 7) is 4.42. The molecule has 1 aromatic rings. The standard InChI is InChI=1S/C26H38O4/c1-19-11-12-21(9-5-3-4-7-13-25(15-16-25)23(27)28)20(2)22(19)10-6-8-14-26(17-18-26)24(29)30/h11-12H,3-10,13-18H2,1-2H3,(H,27,28)(H,29,30). The van der Waals surface area contributed by atoms with Gasteiger partial charge in [-0.2, -0.15) is 0 Å². The summed E-state index contributed by atoms with van der Waals surface area (Å²) in [5.41, 5.74) is 4.88. The number of hydrogen-bond acceptors (Lipinski definition) is 2. The largest absolute Gasteiger partial charge is 0.481 e. The lowest BCUT2D eigenvalue weighted by Gasteiger charge is -2.15. The average Bonchev–Trinajstić information content (AvgIpc) is 3.60. The Labute approximate surface area is 181 Å². The molecule has 0 unspecified atom stereocenters. The van der Waals surface area contributed by atoms with Gasteiger partial charge in [0.25, 0.3) is 0 Å². The second-order valence-electron chi connectivity index (χ2n) is 9.94. The molecule has 0 spiro atoms. The number of unbranched alkanes of at least 4 members (excludes halogenated alkanes) is 4. The number of carboxylic acid groups (broad SMARTS) is 2. The molecule has 4 heteroatoms. The molecule has 2 fully saturated rings. The molecular formula is C26H38O4. The first kappa shape index (κ1) is 22.8. The fourth-order valence-corrected chi connectivity index (χ4v) is 4.94. The lowest BCUT2D eigenvalue weighted by Crippen LogP contribution is -2.14. The molecule has 3 rings (SSSR count). The van der Waals surface area contributed by atoms with E-state index in [1.807, 2.05) is 0 Å². The number of benzene rings is 1. The smallest absolute Gasteiger partial charge is 0.309 e. The van der Waals surface area contributed by atoms with Crippen molar-refractivity contribution in [3.05, 3.63) is 34.4 Å². The fraction of sp³-hybridized carbons (Fsp3) is 0.692. The number of carbonyl (C=O) groups is 2. The molecule has 0 aromatic heterocycles. The Balaban J connectivity index is 1.39. The van der Waals surface area contributed by atoms with Crippen LogP contribution in [0.15, 0.2) is 12.1 Å². The highest BCUT2D eigenvalue weighted by Gasteiger charge is 2.49. The van der Waals surface area contributed by atoms with Crippen LogP contribution in [0.25, 0.3) is 0 Å². The van der Waals surface area contributed by atoms with E-state index in [9.17, 15) is 19.8 Å². The van der Waals surface area contributed by atoms with E-state index >= 15 is 0 Å². The molecule has 4 nitrogen and oxygen atoms in total. The maximum Gasteiger partial charge on any atom is 0.309 e. The Hall–Kier alpha value is -1.84. The first-order valence-electron chi connectivity index (χ1n) is 11.8. The maximum atomic E-state index is 11.3. The summed E-state index contributed by atoms with van der Waals surface area (Å²) in [6.07, 6.45) is 13.8. The molecule has 0 heterocycles. The van der Waals surface area contributed by atoms with Gasteiger partial charge >= 0.3 is 11.9 Å². The van der Waals surface area contributed by atoms with Crippen molar-refractivity contribution in [3.8, 4) is 0 Å². The van der Waals surface area contributed by atoms with Crippen molar-refractivity contribution in [2.75, 3.05) is 0 Å². The lowest BCUT2D eigenvalue weighted by atomic mass is 9.90. The van der Waals surface area contributed by atoms with Crippen molar-refractivity contribution in [2.24, 2.45) is 10.8 Å². The van der Waals surface area contributed by atoms with Crippen LogP contribution in [0.4, 0.5) is 0 Å². The molecule has 2 N–H and O–H groups in total. The Morgan fingerprint density at radius 1 is 0.767 bits per heavy atom. The minimum absolute atomic E-state index is 0.369. The predicted octanol–water partition coefficient (Wildman–Crippen LogP) is 6.24. The fourth-order valence-electron chi connectivity index (χ4n) is 4.94. The van der Waals surface area contributed by atoms with Crippen LogP contribution in [-0.2, 0) is 22.4 Å². The summed E-state index contributed by atoms with van der Waals surface area (Å²) in [7, 11) is 0. The second kappa shape index (κ2) is 9.53. The Morgan fingerprint density at radius 3 is 1.80 bits per heavy atom. The molecule has 1 aromatic carbocycles. The van der Waals surface area contributed by atoms with Crippen LogP contribution in [-0.4, -0.2) is 22.2 Å². The normalized spacial score (nSPS) is 18.2. The van der Waals surface area contributed by atoms with Gasteiger partial charge in [-0.25, -0.2) is 0 Å². The van der Waals surface area contributed by atoms with Crippen LogP contribution in [0.3, 0.4) is 0 Å². The van der Waals surface area contributed by atoms with Gasteiger partial charge in [-0.15, -0.1) is 0 Å². The van der Waals surface area contributed by atoms with E-state index in [-0.39, 0.29) is 5.41 Å². The molecule has 0 atom stereocenters. The molecule has 0 bridgehead atoms. The molecule has 0 aliphatic heterocycles. The van der Waals surface area contributed by atoms with Gasteiger partial charge in [0, 0.05) is 0 Å². The van der Waals surface area contributed by atoms with Crippen LogP contribution < -0.4 is 0 Å². The van der Waals surface area contributed by atoms with E-state index in [1.165, 1.54) is 22.3 Å². The molecule has 0 radical (unpaired) electrons. The van der Waals surface area contributed by atoms with Crippen molar-refractivity contribution < 1.29 is 19.8 Å². The third-order valence-corrected chi connectivity index (χ3v) is 7.74. The van der Waals surface area contributed by atoms with Crippen molar-refractivity contribution in [2.45, 2.75) is 104 Å². The van der Waals surface area contributed by atoms with Gasteiger partial charge in [0.15, 0.2) is 0 Å².